The number of anilines is 2. The average Bonchev–Trinajstić information content (AvgIpc) is 2.85. The molecule has 0 radical (unpaired) electrons. The molecule has 10 heteroatoms. The molecule has 2 aromatic rings. The van der Waals surface area contributed by atoms with Crippen LogP contribution in [0.5, 0.6) is 11.5 Å². The molecule has 0 aliphatic heterocycles. The summed E-state index contributed by atoms with van der Waals surface area (Å²) < 4.78 is 42.5. The third-order valence-electron chi connectivity index (χ3n) is 5.94. The molecular formula is C29H38N2O7S. The fourth-order valence-electron chi connectivity index (χ4n) is 3.54. The highest BCUT2D eigenvalue weighted by atomic mass is 32.2. The molecule has 0 unspecified atom stereocenters. The molecule has 9 nitrogen and oxygen atoms in total. The Morgan fingerprint density at radius 2 is 1.31 bits per heavy atom. The number of benzene rings is 2. The predicted octanol–water partition coefficient (Wildman–Crippen LogP) is 5.49. The summed E-state index contributed by atoms with van der Waals surface area (Å²) in [6.07, 6.45) is 0.884. The normalized spacial score (nSPS) is 11.4. The number of carbonyl (C=O) groups is 2. The molecule has 0 atom stereocenters. The highest BCUT2D eigenvalue weighted by molar-refractivity contribution is 7.85. The maximum absolute atomic E-state index is 12.4. The van der Waals surface area contributed by atoms with Crippen molar-refractivity contribution in [2.45, 2.75) is 52.9 Å². The standard InChI is InChI=1S/C29H38N2O7S/c1-8-14-37-25-12-10-21(17-23(25)30-27(32)19(2)3)29(6,7)22-11-13-26(38-15-9-16-39(34,35)36)24(18-22)31-28(33)20(4)5/h10-13,17-18H,2,4,8-9,14-16H2,1,3,5-7H3,(H,30,32)(H,31,33)(H,34,35,36). The lowest BCUT2D eigenvalue weighted by molar-refractivity contribution is -0.113. The van der Waals surface area contributed by atoms with Crippen LogP contribution in [-0.4, -0.2) is 43.8 Å². The van der Waals surface area contributed by atoms with Gasteiger partial charge in [-0.15, -0.1) is 0 Å². The van der Waals surface area contributed by atoms with Crippen molar-refractivity contribution in [1.29, 1.82) is 0 Å². The fraction of sp³-hybridized carbons (Fsp3) is 0.379. The Balaban J connectivity index is 2.47. The van der Waals surface area contributed by atoms with Crippen LogP contribution in [0.15, 0.2) is 60.7 Å². The second kappa shape index (κ2) is 13.4. The molecule has 0 aliphatic carbocycles. The topological polar surface area (TPSA) is 131 Å². The van der Waals surface area contributed by atoms with E-state index in [0.717, 1.165) is 17.5 Å². The van der Waals surface area contributed by atoms with Gasteiger partial charge in [-0.1, -0.05) is 46.1 Å². The van der Waals surface area contributed by atoms with Crippen molar-refractivity contribution in [3.05, 3.63) is 71.8 Å². The lowest BCUT2D eigenvalue weighted by atomic mass is 9.77. The van der Waals surface area contributed by atoms with Crippen LogP contribution in [0.25, 0.3) is 0 Å². The molecule has 0 bridgehead atoms. The van der Waals surface area contributed by atoms with Crippen LogP contribution in [-0.2, 0) is 25.1 Å². The Bertz CT molecular complexity index is 1350. The number of nitrogens with one attached hydrogen (secondary N) is 2. The van der Waals surface area contributed by atoms with Crippen molar-refractivity contribution < 1.29 is 32.0 Å². The number of ether oxygens (including phenoxy) is 2. The summed E-state index contributed by atoms with van der Waals surface area (Å²) in [4.78, 5) is 24.8. The van der Waals surface area contributed by atoms with Crippen molar-refractivity contribution in [3.8, 4) is 11.5 Å². The van der Waals surface area contributed by atoms with Gasteiger partial charge in [-0.05, 0) is 62.1 Å². The van der Waals surface area contributed by atoms with E-state index in [1.807, 2.05) is 45.0 Å². The van der Waals surface area contributed by atoms with Gasteiger partial charge >= 0.3 is 0 Å². The van der Waals surface area contributed by atoms with E-state index in [4.69, 9.17) is 14.0 Å². The molecule has 0 heterocycles. The number of hydrogen-bond donors (Lipinski definition) is 3. The van der Waals surface area contributed by atoms with Crippen molar-refractivity contribution in [2.24, 2.45) is 0 Å². The first kappa shape index (κ1) is 31.6. The van der Waals surface area contributed by atoms with E-state index in [9.17, 15) is 18.0 Å². The molecule has 0 aromatic heterocycles. The van der Waals surface area contributed by atoms with Crippen molar-refractivity contribution >= 4 is 33.3 Å². The Labute approximate surface area is 231 Å². The SMILES string of the molecule is C=C(C)C(=O)Nc1cc(C(C)(C)c2ccc(OCCCS(=O)(=O)O)c(NC(=O)C(=C)C)c2)ccc1OCCC. The molecule has 2 rings (SSSR count). The summed E-state index contributed by atoms with van der Waals surface area (Å²) in [5.74, 6) is -0.249. The monoisotopic (exact) mass is 558 g/mol. The summed E-state index contributed by atoms with van der Waals surface area (Å²) in [6, 6.07) is 10.9. The van der Waals surface area contributed by atoms with E-state index < -0.39 is 27.2 Å². The lowest BCUT2D eigenvalue weighted by Gasteiger charge is -2.28. The number of carbonyl (C=O) groups excluding carboxylic acids is 2. The zero-order chi connectivity index (χ0) is 29.4. The lowest BCUT2D eigenvalue weighted by Crippen LogP contribution is -2.21. The third kappa shape index (κ3) is 9.26. The van der Waals surface area contributed by atoms with Crippen molar-refractivity contribution in [2.75, 3.05) is 29.6 Å². The molecule has 0 saturated heterocycles. The summed E-state index contributed by atoms with van der Waals surface area (Å²) in [6.45, 7) is 17.1. The average molecular weight is 559 g/mol. The zero-order valence-electron chi connectivity index (χ0n) is 23.2. The molecule has 2 aromatic carbocycles. The third-order valence-corrected chi connectivity index (χ3v) is 6.74. The maximum Gasteiger partial charge on any atom is 0.264 e. The Morgan fingerprint density at radius 1 is 0.872 bits per heavy atom. The van der Waals surface area contributed by atoms with Crippen LogP contribution in [0.4, 0.5) is 11.4 Å². The highest BCUT2D eigenvalue weighted by Gasteiger charge is 2.26. The maximum atomic E-state index is 12.4. The molecule has 0 spiro atoms. The van der Waals surface area contributed by atoms with Gasteiger partial charge in [-0.3, -0.25) is 14.1 Å². The van der Waals surface area contributed by atoms with Crippen molar-refractivity contribution in [3.63, 3.8) is 0 Å². The molecule has 0 aliphatic rings. The van der Waals surface area contributed by atoms with E-state index >= 15 is 0 Å². The van der Waals surface area contributed by atoms with E-state index in [1.165, 1.54) is 0 Å². The number of hydrogen-bond acceptors (Lipinski definition) is 6. The van der Waals surface area contributed by atoms with E-state index in [2.05, 4.69) is 23.8 Å². The predicted molar refractivity (Wildman–Crippen MR) is 154 cm³/mol. The van der Waals surface area contributed by atoms with Gasteiger partial charge in [0.15, 0.2) is 0 Å². The van der Waals surface area contributed by atoms with Crippen LogP contribution in [0, 0.1) is 0 Å². The van der Waals surface area contributed by atoms with Crippen LogP contribution < -0.4 is 20.1 Å². The summed E-state index contributed by atoms with van der Waals surface area (Å²) in [5.41, 5.74) is 2.71. The highest BCUT2D eigenvalue weighted by Crippen LogP contribution is 2.39. The van der Waals surface area contributed by atoms with Crippen LogP contribution in [0.3, 0.4) is 0 Å². The van der Waals surface area contributed by atoms with Gasteiger partial charge in [0.2, 0.25) is 0 Å². The van der Waals surface area contributed by atoms with E-state index in [1.54, 1.807) is 26.0 Å². The molecule has 0 saturated carbocycles. The summed E-state index contributed by atoms with van der Waals surface area (Å²) >= 11 is 0. The van der Waals surface area contributed by atoms with Gasteiger partial charge in [0.1, 0.15) is 11.5 Å². The first-order chi connectivity index (χ1) is 18.2. The van der Waals surface area contributed by atoms with Crippen LogP contribution in [0.1, 0.15) is 58.6 Å². The largest absolute Gasteiger partial charge is 0.491 e. The van der Waals surface area contributed by atoms with Crippen molar-refractivity contribution in [1.82, 2.24) is 0 Å². The number of rotatable bonds is 14. The van der Waals surface area contributed by atoms with Crippen LogP contribution >= 0.6 is 0 Å². The van der Waals surface area contributed by atoms with Gasteiger partial charge < -0.3 is 20.1 Å². The zero-order valence-corrected chi connectivity index (χ0v) is 24.0. The second-order valence-electron chi connectivity index (χ2n) is 9.85. The first-order valence-corrected chi connectivity index (χ1v) is 14.2. The van der Waals surface area contributed by atoms with Crippen LogP contribution in [0.2, 0.25) is 0 Å². The molecule has 3 N–H and O–H groups in total. The van der Waals surface area contributed by atoms with Gasteiger partial charge in [0, 0.05) is 16.6 Å². The fourth-order valence-corrected chi connectivity index (χ4v) is 4.03. The molecule has 212 valence electrons. The Morgan fingerprint density at radius 3 is 1.69 bits per heavy atom. The number of amides is 2. The molecular weight excluding hydrogens is 520 g/mol. The minimum Gasteiger partial charge on any atom is -0.491 e. The van der Waals surface area contributed by atoms with E-state index in [0.29, 0.717) is 40.6 Å². The molecule has 2 amide bonds. The Hall–Kier alpha value is -3.63. The smallest absolute Gasteiger partial charge is 0.264 e. The van der Waals surface area contributed by atoms with Gasteiger partial charge in [-0.25, -0.2) is 0 Å². The van der Waals surface area contributed by atoms with Gasteiger partial charge in [0.05, 0.1) is 30.3 Å². The summed E-state index contributed by atoms with van der Waals surface area (Å²) in [7, 11) is -4.10. The van der Waals surface area contributed by atoms with Gasteiger partial charge in [0.25, 0.3) is 21.9 Å². The summed E-state index contributed by atoms with van der Waals surface area (Å²) in [5, 5.41) is 5.67. The van der Waals surface area contributed by atoms with Gasteiger partial charge in [-0.2, -0.15) is 8.42 Å². The minimum absolute atomic E-state index is 0.0173. The van der Waals surface area contributed by atoms with E-state index in [-0.39, 0.29) is 18.9 Å². The second-order valence-corrected chi connectivity index (χ2v) is 11.4. The molecule has 0 fully saturated rings. The minimum atomic E-state index is -4.10. The Kier molecular flexibility index (Phi) is 10.9. The quantitative estimate of drug-likeness (QED) is 0.159. The molecule has 39 heavy (non-hydrogen) atoms. The first-order valence-electron chi connectivity index (χ1n) is 12.6.